The number of amides is 1. The highest BCUT2D eigenvalue weighted by atomic mass is 16.5. The second kappa shape index (κ2) is 6.23. The second-order valence-corrected chi connectivity index (χ2v) is 4.61. The van der Waals surface area contributed by atoms with E-state index in [9.17, 15) is 4.79 Å². The summed E-state index contributed by atoms with van der Waals surface area (Å²) in [6, 6.07) is 7.60. The van der Waals surface area contributed by atoms with Crippen molar-refractivity contribution in [2.75, 3.05) is 13.7 Å². The van der Waals surface area contributed by atoms with Crippen LogP contribution in [0.15, 0.2) is 36.7 Å². The quantitative estimate of drug-likeness (QED) is 0.860. The third-order valence-corrected chi connectivity index (χ3v) is 3.09. The van der Waals surface area contributed by atoms with Gasteiger partial charge >= 0.3 is 6.03 Å². The Morgan fingerprint density at radius 3 is 2.55 bits per heavy atom. The number of hydrogen-bond acceptors (Lipinski definition) is 3. The number of aromatic nitrogens is 2. The van der Waals surface area contributed by atoms with Gasteiger partial charge in [-0.3, -0.25) is 0 Å². The number of rotatable bonds is 4. The molecule has 0 atom stereocenters. The van der Waals surface area contributed by atoms with Crippen LogP contribution in [0.2, 0.25) is 0 Å². The SMILES string of the molecule is CCN(Cc1ccc(OC)cc1)C(=O)n1cc(C)cn1. The van der Waals surface area contributed by atoms with E-state index in [4.69, 9.17) is 4.74 Å². The van der Waals surface area contributed by atoms with Crippen molar-refractivity contribution in [3.63, 3.8) is 0 Å². The van der Waals surface area contributed by atoms with Gasteiger partial charge in [0.1, 0.15) is 5.75 Å². The van der Waals surface area contributed by atoms with Gasteiger partial charge in [0.15, 0.2) is 0 Å². The molecule has 1 aromatic heterocycles. The van der Waals surface area contributed by atoms with Gasteiger partial charge in [-0.05, 0) is 37.1 Å². The predicted molar refractivity (Wildman–Crippen MR) is 76.8 cm³/mol. The molecule has 1 heterocycles. The zero-order valence-corrected chi connectivity index (χ0v) is 12.0. The molecular formula is C15H19N3O2. The Hall–Kier alpha value is -2.30. The summed E-state index contributed by atoms with van der Waals surface area (Å²) in [5, 5.41) is 4.06. The highest BCUT2D eigenvalue weighted by Crippen LogP contribution is 2.13. The molecular weight excluding hydrogens is 254 g/mol. The molecule has 0 saturated carbocycles. The Morgan fingerprint density at radius 1 is 1.35 bits per heavy atom. The van der Waals surface area contributed by atoms with E-state index in [1.165, 1.54) is 4.68 Å². The minimum absolute atomic E-state index is 0.114. The lowest BCUT2D eigenvalue weighted by Crippen LogP contribution is -2.34. The summed E-state index contributed by atoms with van der Waals surface area (Å²) in [7, 11) is 1.64. The van der Waals surface area contributed by atoms with Gasteiger partial charge in [-0.1, -0.05) is 12.1 Å². The van der Waals surface area contributed by atoms with Crippen LogP contribution in [0.1, 0.15) is 18.1 Å². The number of hydrogen-bond donors (Lipinski definition) is 0. The fourth-order valence-corrected chi connectivity index (χ4v) is 1.93. The molecule has 20 heavy (non-hydrogen) atoms. The molecule has 1 amide bonds. The van der Waals surface area contributed by atoms with E-state index in [0.29, 0.717) is 13.1 Å². The normalized spacial score (nSPS) is 10.3. The van der Waals surface area contributed by atoms with Gasteiger partial charge < -0.3 is 9.64 Å². The van der Waals surface area contributed by atoms with Crippen molar-refractivity contribution < 1.29 is 9.53 Å². The Bertz CT molecular complexity index is 575. The Labute approximate surface area is 118 Å². The maximum absolute atomic E-state index is 12.3. The number of carbonyl (C=O) groups is 1. The summed E-state index contributed by atoms with van der Waals surface area (Å²) in [5.41, 5.74) is 2.03. The molecule has 5 heteroatoms. The zero-order valence-electron chi connectivity index (χ0n) is 12.0. The summed E-state index contributed by atoms with van der Waals surface area (Å²) in [6.45, 7) is 5.05. The average molecular weight is 273 g/mol. The molecule has 0 N–H and O–H groups in total. The molecule has 0 saturated heterocycles. The molecule has 0 spiro atoms. The third-order valence-electron chi connectivity index (χ3n) is 3.09. The number of ether oxygens (including phenoxy) is 1. The van der Waals surface area contributed by atoms with Crippen molar-refractivity contribution >= 4 is 6.03 Å². The largest absolute Gasteiger partial charge is 0.497 e. The number of methoxy groups -OCH3 is 1. The first-order chi connectivity index (χ1) is 9.63. The Balaban J connectivity index is 2.09. The standard InChI is InChI=1S/C15H19N3O2/c1-4-17(15(19)18-10-12(2)9-16-18)11-13-5-7-14(20-3)8-6-13/h5-10H,4,11H2,1-3H3. The van der Waals surface area contributed by atoms with E-state index in [1.54, 1.807) is 24.4 Å². The topological polar surface area (TPSA) is 47.4 Å². The lowest BCUT2D eigenvalue weighted by Gasteiger charge is -2.20. The van der Waals surface area contributed by atoms with Crippen molar-refractivity contribution in [2.45, 2.75) is 20.4 Å². The van der Waals surface area contributed by atoms with E-state index in [0.717, 1.165) is 16.9 Å². The van der Waals surface area contributed by atoms with Crippen LogP contribution >= 0.6 is 0 Å². The highest BCUT2D eigenvalue weighted by Gasteiger charge is 2.14. The summed E-state index contributed by atoms with van der Waals surface area (Å²) in [4.78, 5) is 14.1. The molecule has 0 aliphatic carbocycles. The smallest absolute Gasteiger partial charge is 0.344 e. The number of aryl methyl sites for hydroxylation is 1. The Morgan fingerprint density at radius 2 is 2.05 bits per heavy atom. The van der Waals surface area contributed by atoms with Gasteiger partial charge in [-0.25, -0.2) is 4.79 Å². The van der Waals surface area contributed by atoms with Crippen LogP contribution < -0.4 is 4.74 Å². The van der Waals surface area contributed by atoms with Crippen molar-refractivity contribution in [1.29, 1.82) is 0 Å². The average Bonchev–Trinajstić information content (AvgIpc) is 2.91. The van der Waals surface area contributed by atoms with E-state index in [2.05, 4.69) is 5.10 Å². The van der Waals surface area contributed by atoms with Crippen LogP contribution in [0.3, 0.4) is 0 Å². The minimum Gasteiger partial charge on any atom is -0.497 e. The first-order valence-corrected chi connectivity index (χ1v) is 6.57. The van der Waals surface area contributed by atoms with E-state index in [-0.39, 0.29) is 6.03 Å². The van der Waals surface area contributed by atoms with Crippen LogP contribution in [0.25, 0.3) is 0 Å². The predicted octanol–water partition coefficient (Wildman–Crippen LogP) is 2.69. The van der Waals surface area contributed by atoms with Gasteiger partial charge in [0.05, 0.1) is 13.3 Å². The molecule has 0 aliphatic rings. The van der Waals surface area contributed by atoms with E-state index >= 15 is 0 Å². The van der Waals surface area contributed by atoms with Crippen LogP contribution in [0.5, 0.6) is 5.75 Å². The van der Waals surface area contributed by atoms with Gasteiger partial charge in [0.2, 0.25) is 0 Å². The number of nitrogens with zero attached hydrogens (tertiary/aromatic N) is 3. The maximum Gasteiger partial charge on any atom is 0.344 e. The van der Waals surface area contributed by atoms with Gasteiger partial charge in [-0.15, -0.1) is 0 Å². The lowest BCUT2D eigenvalue weighted by molar-refractivity contribution is 0.196. The second-order valence-electron chi connectivity index (χ2n) is 4.61. The molecule has 0 radical (unpaired) electrons. The van der Waals surface area contributed by atoms with Crippen molar-refractivity contribution in [1.82, 2.24) is 14.7 Å². The van der Waals surface area contributed by atoms with Gasteiger partial charge in [0.25, 0.3) is 0 Å². The molecule has 0 bridgehead atoms. The maximum atomic E-state index is 12.3. The number of benzene rings is 1. The molecule has 5 nitrogen and oxygen atoms in total. The molecule has 2 rings (SSSR count). The molecule has 2 aromatic rings. The zero-order chi connectivity index (χ0) is 14.5. The number of carbonyl (C=O) groups excluding carboxylic acids is 1. The molecule has 1 aromatic carbocycles. The van der Waals surface area contributed by atoms with Crippen LogP contribution in [0.4, 0.5) is 4.79 Å². The van der Waals surface area contributed by atoms with Crippen LogP contribution in [0, 0.1) is 6.92 Å². The fraction of sp³-hybridized carbons (Fsp3) is 0.333. The van der Waals surface area contributed by atoms with Crippen LogP contribution in [-0.4, -0.2) is 34.4 Å². The summed E-state index contributed by atoms with van der Waals surface area (Å²) < 4.78 is 6.50. The lowest BCUT2D eigenvalue weighted by atomic mass is 10.2. The molecule has 0 fully saturated rings. The van der Waals surface area contributed by atoms with Gasteiger partial charge in [-0.2, -0.15) is 9.78 Å². The van der Waals surface area contributed by atoms with Crippen molar-refractivity contribution in [2.24, 2.45) is 0 Å². The first-order valence-electron chi connectivity index (χ1n) is 6.57. The monoisotopic (exact) mass is 273 g/mol. The van der Waals surface area contributed by atoms with E-state index in [1.807, 2.05) is 38.1 Å². The third kappa shape index (κ3) is 3.17. The minimum atomic E-state index is -0.114. The molecule has 0 unspecified atom stereocenters. The Kier molecular flexibility index (Phi) is 4.40. The summed E-state index contributed by atoms with van der Waals surface area (Å²) >= 11 is 0. The van der Waals surface area contributed by atoms with Crippen molar-refractivity contribution in [3.05, 3.63) is 47.8 Å². The van der Waals surface area contributed by atoms with Gasteiger partial charge in [0, 0.05) is 19.3 Å². The summed E-state index contributed by atoms with van der Waals surface area (Å²) in [5.74, 6) is 0.811. The van der Waals surface area contributed by atoms with Crippen molar-refractivity contribution in [3.8, 4) is 5.75 Å². The van der Waals surface area contributed by atoms with Crippen LogP contribution in [-0.2, 0) is 6.54 Å². The van der Waals surface area contributed by atoms with E-state index < -0.39 is 0 Å². The first kappa shape index (κ1) is 14.1. The summed E-state index contributed by atoms with van der Waals surface area (Å²) in [6.07, 6.45) is 3.41. The highest BCUT2D eigenvalue weighted by molar-refractivity contribution is 5.76. The fourth-order valence-electron chi connectivity index (χ4n) is 1.93. The molecule has 0 aliphatic heterocycles. The molecule has 106 valence electrons.